The second-order valence-corrected chi connectivity index (χ2v) is 7.79. The summed E-state index contributed by atoms with van der Waals surface area (Å²) in [6.07, 6.45) is 0. The topological polar surface area (TPSA) is 58.6 Å². The van der Waals surface area contributed by atoms with Gasteiger partial charge in [0.15, 0.2) is 0 Å². The van der Waals surface area contributed by atoms with Gasteiger partial charge in [-0.3, -0.25) is 4.72 Å². The van der Waals surface area contributed by atoms with Crippen molar-refractivity contribution in [1.29, 1.82) is 0 Å². The quantitative estimate of drug-likeness (QED) is 0.871. The average Bonchev–Trinajstić information content (AvgIpc) is 2.58. The molecule has 0 amide bonds. The molecule has 0 unspecified atom stereocenters. The van der Waals surface area contributed by atoms with Gasteiger partial charge in [-0.1, -0.05) is 35.3 Å². The summed E-state index contributed by atoms with van der Waals surface area (Å²) < 4.78 is 33.4. The van der Waals surface area contributed by atoms with Gasteiger partial charge < -0.3 is 9.64 Å². The molecule has 0 aromatic heterocycles. The van der Waals surface area contributed by atoms with Crippen LogP contribution in [-0.4, -0.2) is 34.7 Å². The van der Waals surface area contributed by atoms with Crippen LogP contribution in [0.3, 0.4) is 0 Å². The van der Waals surface area contributed by atoms with Crippen LogP contribution in [0.4, 0.5) is 11.4 Å². The first kappa shape index (κ1) is 17.4. The molecule has 5 nitrogen and oxygen atoms in total. The Balaban J connectivity index is 1.94. The molecule has 0 radical (unpaired) electrons. The number of benzene rings is 2. The van der Waals surface area contributed by atoms with Gasteiger partial charge >= 0.3 is 0 Å². The van der Waals surface area contributed by atoms with E-state index in [1.807, 2.05) is 12.1 Å². The lowest BCUT2D eigenvalue weighted by atomic mass is 10.2. The zero-order valence-corrected chi connectivity index (χ0v) is 15.0. The fourth-order valence-corrected chi connectivity index (χ4v) is 4.36. The Morgan fingerprint density at radius 1 is 1.04 bits per heavy atom. The van der Waals surface area contributed by atoms with Gasteiger partial charge in [-0.25, -0.2) is 8.42 Å². The number of morpholine rings is 1. The van der Waals surface area contributed by atoms with E-state index in [0.29, 0.717) is 37.0 Å². The highest BCUT2D eigenvalue weighted by Gasteiger charge is 2.22. The molecule has 0 spiro atoms. The van der Waals surface area contributed by atoms with Crippen LogP contribution in [0.25, 0.3) is 0 Å². The van der Waals surface area contributed by atoms with Crippen molar-refractivity contribution in [2.45, 2.75) is 4.90 Å². The van der Waals surface area contributed by atoms with Gasteiger partial charge in [0, 0.05) is 18.1 Å². The SMILES string of the molecule is O=S(=O)(Nc1ccccc1N1CCOCC1)c1cc(Cl)ccc1Cl. The van der Waals surface area contributed by atoms with E-state index < -0.39 is 10.0 Å². The lowest BCUT2D eigenvalue weighted by Gasteiger charge is -2.30. The second kappa shape index (κ2) is 7.19. The maximum Gasteiger partial charge on any atom is 0.263 e. The molecule has 0 saturated carbocycles. The van der Waals surface area contributed by atoms with Crippen LogP contribution in [0.2, 0.25) is 10.0 Å². The number of hydrogen-bond acceptors (Lipinski definition) is 4. The van der Waals surface area contributed by atoms with Crippen LogP contribution in [0.5, 0.6) is 0 Å². The normalized spacial score (nSPS) is 15.3. The predicted molar refractivity (Wildman–Crippen MR) is 96.7 cm³/mol. The fraction of sp³-hybridized carbons (Fsp3) is 0.250. The first-order chi connectivity index (χ1) is 11.5. The van der Waals surface area contributed by atoms with Crippen molar-refractivity contribution < 1.29 is 13.2 Å². The molecular formula is C16H16Cl2N2O3S. The Hall–Kier alpha value is -1.47. The van der Waals surface area contributed by atoms with Gasteiger partial charge in [-0.2, -0.15) is 0 Å². The van der Waals surface area contributed by atoms with E-state index in [-0.39, 0.29) is 9.92 Å². The van der Waals surface area contributed by atoms with Gasteiger partial charge in [-0.05, 0) is 30.3 Å². The van der Waals surface area contributed by atoms with Gasteiger partial charge in [0.25, 0.3) is 10.0 Å². The van der Waals surface area contributed by atoms with E-state index in [1.165, 1.54) is 12.1 Å². The van der Waals surface area contributed by atoms with Crippen LogP contribution in [0.15, 0.2) is 47.4 Å². The number of sulfonamides is 1. The number of hydrogen-bond donors (Lipinski definition) is 1. The maximum atomic E-state index is 12.7. The Bertz CT molecular complexity index is 837. The highest BCUT2D eigenvalue weighted by molar-refractivity contribution is 7.92. The molecule has 0 atom stereocenters. The third-order valence-corrected chi connectivity index (χ3v) is 5.77. The highest BCUT2D eigenvalue weighted by Crippen LogP contribution is 2.31. The lowest BCUT2D eigenvalue weighted by Crippen LogP contribution is -2.36. The smallest absolute Gasteiger partial charge is 0.263 e. The average molecular weight is 387 g/mol. The molecule has 1 aliphatic heterocycles. The standard InChI is InChI=1S/C16H16Cl2N2O3S/c17-12-5-6-13(18)16(11-12)24(21,22)19-14-3-1-2-4-15(14)20-7-9-23-10-8-20/h1-6,11,19H,7-10H2. The molecule has 8 heteroatoms. The molecule has 1 fully saturated rings. The van der Waals surface area contributed by atoms with Crippen molar-refractivity contribution in [3.05, 3.63) is 52.5 Å². The van der Waals surface area contributed by atoms with Crippen LogP contribution in [0.1, 0.15) is 0 Å². The zero-order chi connectivity index (χ0) is 17.2. The van der Waals surface area contributed by atoms with Gasteiger partial charge in [0.05, 0.1) is 29.6 Å². The summed E-state index contributed by atoms with van der Waals surface area (Å²) in [5.74, 6) is 0. The molecule has 3 rings (SSSR count). The van der Waals surface area contributed by atoms with E-state index in [0.717, 1.165) is 5.69 Å². The Morgan fingerprint density at radius 2 is 1.75 bits per heavy atom. The van der Waals surface area contributed by atoms with Crippen molar-refractivity contribution in [3.63, 3.8) is 0 Å². The number of ether oxygens (including phenoxy) is 1. The summed E-state index contributed by atoms with van der Waals surface area (Å²) >= 11 is 11.9. The molecule has 1 heterocycles. The number of nitrogens with zero attached hydrogens (tertiary/aromatic N) is 1. The third kappa shape index (κ3) is 3.78. The lowest BCUT2D eigenvalue weighted by molar-refractivity contribution is 0.123. The van der Waals surface area contributed by atoms with Gasteiger partial charge in [0.1, 0.15) is 4.90 Å². The molecule has 1 saturated heterocycles. The van der Waals surface area contributed by atoms with E-state index in [2.05, 4.69) is 9.62 Å². The van der Waals surface area contributed by atoms with Crippen molar-refractivity contribution in [1.82, 2.24) is 0 Å². The molecule has 0 bridgehead atoms. The highest BCUT2D eigenvalue weighted by atomic mass is 35.5. The predicted octanol–water partition coefficient (Wildman–Crippen LogP) is 3.63. The number of nitrogens with one attached hydrogen (secondary N) is 1. The van der Waals surface area contributed by atoms with Gasteiger partial charge in [-0.15, -0.1) is 0 Å². The van der Waals surface area contributed by atoms with Crippen molar-refractivity contribution >= 4 is 44.6 Å². The molecule has 2 aromatic carbocycles. The number of para-hydroxylation sites is 2. The first-order valence-electron chi connectivity index (χ1n) is 7.37. The number of halogens is 2. The summed E-state index contributed by atoms with van der Waals surface area (Å²) in [5.41, 5.74) is 1.30. The molecule has 2 aromatic rings. The zero-order valence-electron chi connectivity index (χ0n) is 12.7. The number of rotatable bonds is 4. The number of anilines is 2. The van der Waals surface area contributed by atoms with Crippen molar-refractivity contribution in [2.75, 3.05) is 35.9 Å². The van der Waals surface area contributed by atoms with E-state index in [1.54, 1.807) is 18.2 Å². The molecule has 0 aliphatic carbocycles. The minimum absolute atomic E-state index is 0.0477. The van der Waals surface area contributed by atoms with Crippen molar-refractivity contribution in [2.24, 2.45) is 0 Å². The first-order valence-corrected chi connectivity index (χ1v) is 9.61. The molecule has 128 valence electrons. The second-order valence-electron chi connectivity index (χ2n) is 5.30. The Kier molecular flexibility index (Phi) is 5.20. The summed E-state index contributed by atoms with van der Waals surface area (Å²) in [5, 5.41) is 0.428. The van der Waals surface area contributed by atoms with Crippen molar-refractivity contribution in [3.8, 4) is 0 Å². The monoisotopic (exact) mass is 386 g/mol. The molecule has 1 aliphatic rings. The molecule has 24 heavy (non-hydrogen) atoms. The summed E-state index contributed by atoms with van der Waals surface area (Å²) in [6.45, 7) is 2.63. The van der Waals surface area contributed by atoms with Gasteiger partial charge in [0.2, 0.25) is 0 Å². The largest absolute Gasteiger partial charge is 0.378 e. The summed E-state index contributed by atoms with van der Waals surface area (Å²) in [4.78, 5) is 2.04. The maximum absolute atomic E-state index is 12.7. The van der Waals surface area contributed by atoms with E-state index >= 15 is 0 Å². The van der Waals surface area contributed by atoms with Crippen LogP contribution < -0.4 is 9.62 Å². The molecular weight excluding hydrogens is 371 g/mol. The third-order valence-electron chi connectivity index (χ3n) is 3.68. The van der Waals surface area contributed by atoms with Crippen LogP contribution in [0, 0.1) is 0 Å². The fourth-order valence-electron chi connectivity index (χ4n) is 2.52. The van der Waals surface area contributed by atoms with E-state index in [9.17, 15) is 8.42 Å². The molecule has 1 N–H and O–H groups in total. The van der Waals surface area contributed by atoms with E-state index in [4.69, 9.17) is 27.9 Å². The van der Waals surface area contributed by atoms with Crippen LogP contribution in [-0.2, 0) is 14.8 Å². The Labute approximate surface area is 151 Å². The minimum atomic E-state index is -3.85. The minimum Gasteiger partial charge on any atom is -0.378 e. The summed E-state index contributed by atoms with van der Waals surface area (Å²) in [6, 6.07) is 11.6. The Morgan fingerprint density at radius 3 is 2.50 bits per heavy atom. The summed E-state index contributed by atoms with van der Waals surface area (Å²) in [7, 11) is -3.85. The van der Waals surface area contributed by atoms with Crippen LogP contribution >= 0.6 is 23.2 Å².